The molecular weight excluding hydrogens is 186 g/mol. The van der Waals surface area contributed by atoms with Gasteiger partial charge in [0.05, 0.1) is 0 Å². The van der Waals surface area contributed by atoms with Crippen LogP contribution in [0.2, 0.25) is 0 Å². The third-order valence-electron chi connectivity index (χ3n) is 2.62. The van der Waals surface area contributed by atoms with Crippen molar-refractivity contribution in [1.29, 1.82) is 0 Å². The van der Waals surface area contributed by atoms with Crippen LogP contribution in [0.15, 0.2) is 12.1 Å². The van der Waals surface area contributed by atoms with Gasteiger partial charge in [0, 0.05) is 6.04 Å². The Morgan fingerprint density at radius 2 is 1.71 bits per heavy atom. The molecule has 1 aliphatic carbocycles. The van der Waals surface area contributed by atoms with Gasteiger partial charge in [-0.1, -0.05) is 0 Å². The molecule has 1 atom stereocenters. The Balaban J connectivity index is 2.34. The first kappa shape index (κ1) is 9.40. The Morgan fingerprint density at radius 1 is 1.21 bits per heavy atom. The lowest BCUT2D eigenvalue weighted by Crippen LogP contribution is -2.13. The van der Waals surface area contributed by atoms with Gasteiger partial charge in [-0.3, -0.25) is 0 Å². The standard InChI is InChI=1S/C10H12F2N2/c11-7-3-6(4-8(12)10(7)14)9(13)5-1-2-5/h3-5,9H,1-2,13-14H2. The Labute approximate surface area is 80.9 Å². The number of nitrogens with two attached hydrogens (primary N) is 2. The summed E-state index contributed by atoms with van der Waals surface area (Å²) in [5.41, 5.74) is 11.0. The van der Waals surface area contributed by atoms with Crippen molar-refractivity contribution < 1.29 is 8.78 Å². The molecule has 4 N–H and O–H groups in total. The second kappa shape index (κ2) is 3.20. The number of halogens is 2. The number of benzene rings is 1. The number of anilines is 1. The summed E-state index contributed by atoms with van der Waals surface area (Å²) < 4.78 is 26.1. The van der Waals surface area contributed by atoms with Crippen LogP contribution in [0, 0.1) is 17.6 Å². The normalized spacial score (nSPS) is 18.2. The summed E-state index contributed by atoms with van der Waals surface area (Å²) in [4.78, 5) is 0. The SMILES string of the molecule is Nc1c(F)cc(C(N)C2CC2)cc1F. The topological polar surface area (TPSA) is 52.0 Å². The molecule has 1 aromatic carbocycles. The fraction of sp³-hybridized carbons (Fsp3) is 0.400. The molecule has 0 radical (unpaired) electrons. The summed E-state index contributed by atoms with van der Waals surface area (Å²) in [6.45, 7) is 0. The summed E-state index contributed by atoms with van der Waals surface area (Å²) in [7, 11) is 0. The van der Waals surface area contributed by atoms with Crippen molar-refractivity contribution in [1.82, 2.24) is 0 Å². The molecule has 1 saturated carbocycles. The van der Waals surface area contributed by atoms with Crippen LogP contribution in [0.4, 0.5) is 14.5 Å². The van der Waals surface area contributed by atoms with E-state index in [-0.39, 0.29) is 6.04 Å². The van der Waals surface area contributed by atoms with Gasteiger partial charge >= 0.3 is 0 Å². The summed E-state index contributed by atoms with van der Waals surface area (Å²) in [5.74, 6) is -1.08. The minimum absolute atomic E-state index is 0.264. The maximum atomic E-state index is 13.1. The van der Waals surface area contributed by atoms with E-state index in [1.54, 1.807) is 0 Å². The first-order chi connectivity index (χ1) is 6.59. The van der Waals surface area contributed by atoms with E-state index in [1.165, 1.54) is 12.1 Å². The lowest BCUT2D eigenvalue weighted by Gasteiger charge is -2.11. The van der Waals surface area contributed by atoms with E-state index in [9.17, 15) is 8.78 Å². The van der Waals surface area contributed by atoms with Gasteiger partial charge in [0.15, 0.2) is 0 Å². The monoisotopic (exact) mass is 198 g/mol. The molecule has 1 unspecified atom stereocenters. The molecule has 0 bridgehead atoms. The highest BCUT2D eigenvalue weighted by Crippen LogP contribution is 2.40. The molecule has 14 heavy (non-hydrogen) atoms. The first-order valence-electron chi connectivity index (χ1n) is 4.59. The predicted molar refractivity (Wildman–Crippen MR) is 50.4 cm³/mol. The fourth-order valence-corrected chi connectivity index (χ4v) is 1.52. The van der Waals surface area contributed by atoms with E-state index in [0.717, 1.165) is 12.8 Å². The van der Waals surface area contributed by atoms with Crippen LogP contribution in [0.25, 0.3) is 0 Å². The first-order valence-corrected chi connectivity index (χ1v) is 4.59. The number of rotatable bonds is 2. The predicted octanol–water partition coefficient (Wildman–Crippen LogP) is 1.96. The molecule has 2 rings (SSSR count). The average molecular weight is 198 g/mol. The lowest BCUT2D eigenvalue weighted by atomic mass is 10.0. The van der Waals surface area contributed by atoms with E-state index in [1.807, 2.05) is 0 Å². The van der Waals surface area contributed by atoms with Crippen molar-refractivity contribution >= 4 is 5.69 Å². The Morgan fingerprint density at radius 3 is 2.14 bits per heavy atom. The van der Waals surface area contributed by atoms with Crippen molar-refractivity contribution in [3.63, 3.8) is 0 Å². The maximum absolute atomic E-state index is 13.1. The van der Waals surface area contributed by atoms with E-state index in [4.69, 9.17) is 11.5 Å². The second-order valence-electron chi connectivity index (χ2n) is 3.76. The molecule has 0 aromatic heterocycles. The molecule has 4 heteroatoms. The van der Waals surface area contributed by atoms with Crippen molar-refractivity contribution in [2.24, 2.45) is 11.7 Å². The molecule has 0 aliphatic heterocycles. The molecule has 0 spiro atoms. The second-order valence-corrected chi connectivity index (χ2v) is 3.76. The lowest BCUT2D eigenvalue weighted by molar-refractivity contribution is 0.570. The highest BCUT2D eigenvalue weighted by Gasteiger charge is 2.30. The van der Waals surface area contributed by atoms with Crippen LogP contribution in [0.5, 0.6) is 0 Å². The van der Waals surface area contributed by atoms with Crippen molar-refractivity contribution in [3.05, 3.63) is 29.3 Å². The zero-order valence-corrected chi connectivity index (χ0v) is 7.63. The molecule has 2 nitrogen and oxygen atoms in total. The summed E-state index contributed by atoms with van der Waals surface area (Å²) >= 11 is 0. The van der Waals surface area contributed by atoms with Crippen LogP contribution in [-0.4, -0.2) is 0 Å². The third kappa shape index (κ3) is 1.57. The Kier molecular flexibility index (Phi) is 2.15. The van der Waals surface area contributed by atoms with E-state index < -0.39 is 17.3 Å². The molecule has 1 fully saturated rings. The van der Waals surface area contributed by atoms with Crippen molar-refractivity contribution in [2.75, 3.05) is 5.73 Å². The zero-order valence-electron chi connectivity index (χ0n) is 7.63. The minimum atomic E-state index is -0.726. The molecule has 0 saturated heterocycles. The van der Waals surface area contributed by atoms with E-state index >= 15 is 0 Å². The molecular formula is C10H12F2N2. The Bertz CT molecular complexity index is 338. The van der Waals surface area contributed by atoms with Crippen LogP contribution < -0.4 is 11.5 Å². The number of nitrogen functional groups attached to an aromatic ring is 1. The van der Waals surface area contributed by atoms with Gasteiger partial charge in [0.2, 0.25) is 0 Å². The van der Waals surface area contributed by atoms with Gasteiger partial charge in [-0.15, -0.1) is 0 Å². The van der Waals surface area contributed by atoms with Crippen LogP contribution in [-0.2, 0) is 0 Å². The van der Waals surface area contributed by atoms with E-state index in [0.29, 0.717) is 11.5 Å². The van der Waals surface area contributed by atoms with Gasteiger partial charge < -0.3 is 11.5 Å². The van der Waals surface area contributed by atoms with E-state index in [2.05, 4.69) is 0 Å². The van der Waals surface area contributed by atoms with Gasteiger partial charge in [-0.25, -0.2) is 8.78 Å². The summed E-state index contributed by atoms with van der Waals surface area (Å²) in [6, 6.07) is 2.18. The van der Waals surface area contributed by atoms with Crippen molar-refractivity contribution in [3.8, 4) is 0 Å². The van der Waals surface area contributed by atoms with Crippen LogP contribution in [0.3, 0.4) is 0 Å². The maximum Gasteiger partial charge on any atom is 0.149 e. The zero-order chi connectivity index (χ0) is 10.3. The Hall–Kier alpha value is -1.16. The number of hydrogen-bond acceptors (Lipinski definition) is 2. The summed E-state index contributed by atoms with van der Waals surface area (Å²) in [5, 5.41) is 0. The van der Waals surface area contributed by atoms with Crippen LogP contribution >= 0.6 is 0 Å². The average Bonchev–Trinajstić information content (AvgIpc) is 2.95. The smallest absolute Gasteiger partial charge is 0.149 e. The number of hydrogen-bond donors (Lipinski definition) is 2. The third-order valence-corrected chi connectivity index (χ3v) is 2.62. The molecule has 76 valence electrons. The molecule has 1 aromatic rings. The van der Waals surface area contributed by atoms with Gasteiger partial charge in [-0.05, 0) is 36.5 Å². The van der Waals surface area contributed by atoms with Crippen LogP contribution in [0.1, 0.15) is 24.4 Å². The van der Waals surface area contributed by atoms with Gasteiger partial charge in [0.1, 0.15) is 17.3 Å². The largest absolute Gasteiger partial charge is 0.394 e. The quantitative estimate of drug-likeness (QED) is 0.713. The van der Waals surface area contributed by atoms with Gasteiger partial charge in [0.25, 0.3) is 0 Å². The minimum Gasteiger partial charge on any atom is -0.394 e. The molecule has 1 aliphatic rings. The molecule has 0 amide bonds. The summed E-state index contributed by atoms with van der Waals surface area (Å²) in [6.07, 6.45) is 2.07. The highest BCUT2D eigenvalue weighted by atomic mass is 19.1. The fourth-order valence-electron chi connectivity index (χ4n) is 1.52. The van der Waals surface area contributed by atoms with Crippen molar-refractivity contribution in [2.45, 2.75) is 18.9 Å². The highest BCUT2D eigenvalue weighted by molar-refractivity contribution is 5.44. The van der Waals surface area contributed by atoms with Gasteiger partial charge in [-0.2, -0.15) is 0 Å². The molecule has 0 heterocycles.